The van der Waals surface area contributed by atoms with E-state index in [-0.39, 0.29) is 23.8 Å². The molecule has 7 nitrogen and oxygen atoms in total. The number of carbonyl (C=O) groups excluding carboxylic acids is 2. The topological polar surface area (TPSA) is 86.6 Å². The van der Waals surface area contributed by atoms with E-state index in [9.17, 15) is 14.7 Å². The van der Waals surface area contributed by atoms with Crippen LogP contribution in [0.1, 0.15) is 47.4 Å². The SMILES string of the molecule is O=C1CCC2(CCCN(C(=O)c3cccc(CO)n3)C2)CN1Cc1ccncc1. The van der Waals surface area contributed by atoms with Crippen LogP contribution in [0.3, 0.4) is 0 Å². The van der Waals surface area contributed by atoms with Crippen LogP contribution in [0.2, 0.25) is 0 Å². The van der Waals surface area contributed by atoms with Crippen molar-refractivity contribution in [2.75, 3.05) is 19.6 Å². The van der Waals surface area contributed by atoms with E-state index in [1.54, 1.807) is 30.6 Å². The number of aromatic nitrogens is 2. The van der Waals surface area contributed by atoms with E-state index in [1.807, 2.05) is 21.9 Å². The Morgan fingerprint density at radius 1 is 1.14 bits per heavy atom. The van der Waals surface area contributed by atoms with Gasteiger partial charge in [-0.25, -0.2) is 4.98 Å². The predicted molar refractivity (Wildman–Crippen MR) is 107 cm³/mol. The number of hydrogen-bond donors (Lipinski definition) is 1. The molecule has 2 aliphatic heterocycles. The summed E-state index contributed by atoms with van der Waals surface area (Å²) in [6.07, 6.45) is 6.75. The Kier molecular flexibility index (Phi) is 5.58. The number of aliphatic hydroxyl groups excluding tert-OH is 1. The molecule has 2 saturated heterocycles. The second kappa shape index (κ2) is 8.29. The Hall–Kier alpha value is -2.80. The fourth-order valence-corrected chi connectivity index (χ4v) is 4.52. The van der Waals surface area contributed by atoms with Crippen LogP contribution in [0.15, 0.2) is 42.7 Å². The molecule has 0 aromatic carbocycles. The number of aliphatic hydroxyl groups is 1. The third-order valence-electron chi connectivity index (χ3n) is 6.01. The molecule has 0 aliphatic carbocycles. The maximum absolute atomic E-state index is 13.0. The highest BCUT2D eigenvalue weighted by atomic mass is 16.3. The lowest BCUT2D eigenvalue weighted by atomic mass is 9.73. The van der Waals surface area contributed by atoms with Crippen molar-refractivity contribution in [3.63, 3.8) is 0 Å². The van der Waals surface area contributed by atoms with Gasteiger partial charge in [-0.3, -0.25) is 14.6 Å². The van der Waals surface area contributed by atoms with Crippen LogP contribution < -0.4 is 0 Å². The molecule has 1 N–H and O–H groups in total. The number of rotatable bonds is 4. The summed E-state index contributed by atoms with van der Waals surface area (Å²) >= 11 is 0. The Morgan fingerprint density at radius 3 is 2.76 bits per heavy atom. The van der Waals surface area contributed by atoms with Crippen LogP contribution >= 0.6 is 0 Å². The fraction of sp³-hybridized carbons (Fsp3) is 0.455. The highest BCUT2D eigenvalue weighted by Crippen LogP contribution is 2.39. The summed E-state index contributed by atoms with van der Waals surface area (Å²) in [5.41, 5.74) is 1.87. The first-order valence-electron chi connectivity index (χ1n) is 10.1. The molecular formula is C22H26N4O3. The van der Waals surface area contributed by atoms with Gasteiger partial charge in [0.15, 0.2) is 0 Å². The smallest absolute Gasteiger partial charge is 0.272 e. The van der Waals surface area contributed by atoms with Gasteiger partial charge in [0.2, 0.25) is 5.91 Å². The van der Waals surface area contributed by atoms with Gasteiger partial charge in [0.1, 0.15) is 5.69 Å². The van der Waals surface area contributed by atoms with Crippen LogP contribution in [0.4, 0.5) is 0 Å². The number of hydrogen-bond acceptors (Lipinski definition) is 5. The quantitative estimate of drug-likeness (QED) is 0.857. The summed E-state index contributed by atoms with van der Waals surface area (Å²) in [4.78, 5) is 37.7. The largest absolute Gasteiger partial charge is 0.390 e. The van der Waals surface area contributed by atoms with Crippen LogP contribution in [-0.4, -0.2) is 56.3 Å². The lowest BCUT2D eigenvalue weighted by Crippen LogP contribution is -2.54. The molecule has 1 atom stereocenters. The normalized spacial score (nSPS) is 22.2. The van der Waals surface area contributed by atoms with Gasteiger partial charge in [-0.05, 0) is 49.1 Å². The summed E-state index contributed by atoms with van der Waals surface area (Å²) in [6.45, 7) is 2.40. The molecule has 1 unspecified atom stereocenters. The van der Waals surface area contributed by atoms with Gasteiger partial charge in [0.05, 0.1) is 12.3 Å². The van der Waals surface area contributed by atoms with Crippen molar-refractivity contribution >= 4 is 11.8 Å². The van der Waals surface area contributed by atoms with E-state index in [0.717, 1.165) is 24.8 Å². The molecule has 2 aliphatic rings. The summed E-state index contributed by atoms with van der Waals surface area (Å²) in [5, 5.41) is 9.30. The third kappa shape index (κ3) is 4.29. The van der Waals surface area contributed by atoms with Crippen molar-refractivity contribution in [1.29, 1.82) is 0 Å². The first-order valence-corrected chi connectivity index (χ1v) is 10.1. The summed E-state index contributed by atoms with van der Waals surface area (Å²) in [6, 6.07) is 9.03. The molecule has 152 valence electrons. The molecule has 1 spiro atoms. The molecule has 2 aromatic rings. The monoisotopic (exact) mass is 394 g/mol. The van der Waals surface area contributed by atoms with Crippen molar-refractivity contribution in [2.24, 2.45) is 5.41 Å². The predicted octanol–water partition coefficient (Wildman–Crippen LogP) is 2.01. The Labute approximate surface area is 170 Å². The first-order chi connectivity index (χ1) is 14.1. The van der Waals surface area contributed by atoms with Gasteiger partial charge in [-0.15, -0.1) is 0 Å². The molecule has 0 bridgehead atoms. The number of amides is 2. The Morgan fingerprint density at radius 2 is 1.97 bits per heavy atom. The van der Waals surface area contributed by atoms with Gasteiger partial charge in [0, 0.05) is 50.4 Å². The Bertz CT molecular complexity index is 889. The highest BCUT2D eigenvalue weighted by Gasteiger charge is 2.43. The second-order valence-corrected chi connectivity index (χ2v) is 8.11. The zero-order chi connectivity index (χ0) is 20.3. The van der Waals surface area contributed by atoms with Gasteiger partial charge in [-0.1, -0.05) is 6.07 Å². The van der Waals surface area contributed by atoms with E-state index < -0.39 is 0 Å². The molecular weight excluding hydrogens is 368 g/mol. The van der Waals surface area contributed by atoms with Crippen molar-refractivity contribution in [3.8, 4) is 0 Å². The number of carbonyl (C=O) groups is 2. The van der Waals surface area contributed by atoms with Gasteiger partial charge < -0.3 is 14.9 Å². The standard InChI is InChI=1S/C22H26N4O3/c27-14-18-3-1-4-19(24-18)21(29)25-12-2-8-22(15-25)9-5-20(28)26(16-22)13-17-6-10-23-11-7-17/h1,3-4,6-7,10-11,27H,2,5,8-9,12-16H2. The van der Waals surface area contributed by atoms with E-state index in [4.69, 9.17) is 0 Å². The molecule has 2 fully saturated rings. The van der Waals surface area contributed by atoms with Crippen molar-refractivity contribution < 1.29 is 14.7 Å². The molecule has 4 heterocycles. The van der Waals surface area contributed by atoms with E-state index >= 15 is 0 Å². The molecule has 2 amide bonds. The highest BCUT2D eigenvalue weighted by molar-refractivity contribution is 5.92. The van der Waals surface area contributed by atoms with E-state index in [1.165, 1.54) is 0 Å². The van der Waals surface area contributed by atoms with E-state index in [0.29, 0.717) is 44.0 Å². The average Bonchev–Trinajstić information content (AvgIpc) is 2.77. The van der Waals surface area contributed by atoms with Gasteiger partial charge in [0.25, 0.3) is 5.91 Å². The minimum absolute atomic E-state index is 0.0660. The first kappa shape index (κ1) is 19.5. The van der Waals surface area contributed by atoms with Crippen LogP contribution in [0.5, 0.6) is 0 Å². The number of piperidine rings is 2. The lowest BCUT2D eigenvalue weighted by Gasteiger charge is -2.48. The number of pyridine rings is 2. The zero-order valence-electron chi connectivity index (χ0n) is 16.5. The maximum atomic E-state index is 13.0. The minimum Gasteiger partial charge on any atom is -0.390 e. The van der Waals surface area contributed by atoms with Crippen LogP contribution in [0.25, 0.3) is 0 Å². The number of likely N-dealkylation sites (tertiary alicyclic amines) is 2. The molecule has 2 aromatic heterocycles. The van der Waals surface area contributed by atoms with Gasteiger partial charge in [-0.2, -0.15) is 0 Å². The Balaban J connectivity index is 1.48. The minimum atomic E-state index is -0.183. The second-order valence-electron chi connectivity index (χ2n) is 8.11. The lowest BCUT2D eigenvalue weighted by molar-refractivity contribution is -0.139. The zero-order valence-corrected chi connectivity index (χ0v) is 16.5. The summed E-state index contributed by atoms with van der Waals surface area (Å²) in [5.74, 6) is 0.0742. The molecule has 4 rings (SSSR count). The average molecular weight is 394 g/mol. The molecule has 7 heteroatoms. The summed E-state index contributed by atoms with van der Waals surface area (Å²) < 4.78 is 0. The van der Waals surface area contributed by atoms with Crippen LogP contribution in [0, 0.1) is 5.41 Å². The van der Waals surface area contributed by atoms with Crippen molar-refractivity contribution in [2.45, 2.75) is 38.8 Å². The van der Waals surface area contributed by atoms with Crippen molar-refractivity contribution in [3.05, 3.63) is 59.7 Å². The third-order valence-corrected chi connectivity index (χ3v) is 6.01. The fourth-order valence-electron chi connectivity index (χ4n) is 4.52. The molecule has 0 radical (unpaired) electrons. The van der Waals surface area contributed by atoms with Crippen LogP contribution in [-0.2, 0) is 17.9 Å². The summed E-state index contributed by atoms with van der Waals surface area (Å²) in [7, 11) is 0. The van der Waals surface area contributed by atoms with Gasteiger partial charge >= 0.3 is 0 Å². The maximum Gasteiger partial charge on any atom is 0.272 e. The molecule has 0 saturated carbocycles. The number of nitrogens with zero attached hydrogens (tertiary/aromatic N) is 4. The van der Waals surface area contributed by atoms with E-state index in [2.05, 4.69) is 9.97 Å². The molecule has 29 heavy (non-hydrogen) atoms. The van der Waals surface area contributed by atoms with Crippen molar-refractivity contribution in [1.82, 2.24) is 19.8 Å².